The summed E-state index contributed by atoms with van der Waals surface area (Å²) < 4.78 is 35.4. The van der Waals surface area contributed by atoms with Crippen LogP contribution in [0.4, 0.5) is 11.4 Å². The highest BCUT2D eigenvalue weighted by Gasteiger charge is 2.27. The largest absolute Gasteiger partial charge is 0.495 e. The molecule has 0 saturated carbocycles. The highest BCUT2D eigenvalue weighted by Crippen LogP contribution is 2.31. The van der Waals surface area contributed by atoms with Crippen molar-refractivity contribution in [3.05, 3.63) is 53.6 Å². The predicted octanol–water partition coefficient (Wildman–Crippen LogP) is 2.20. The Kier molecular flexibility index (Phi) is 5.78. The van der Waals surface area contributed by atoms with Gasteiger partial charge in [0.25, 0.3) is 5.91 Å². The first kappa shape index (κ1) is 20.7. The van der Waals surface area contributed by atoms with Crippen LogP contribution in [-0.2, 0) is 26.0 Å². The number of fused-ring (bicyclic) bond motifs is 1. The maximum absolute atomic E-state index is 12.5. The van der Waals surface area contributed by atoms with Gasteiger partial charge < -0.3 is 14.8 Å². The number of anilines is 2. The number of carbonyl (C=O) groups excluding carboxylic acids is 2. The summed E-state index contributed by atoms with van der Waals surface area (Å²) in [6.45, 7) is 1.81. The number of para-hydroxylation sites is 2. The molecule has 1 amide bonds. The van der Waals surface area contributed by atoms with Gasteiger partial charge in [-0.3, -0.25) is 9.10 Å². The van der Waals surface area contributed by atoms with Gasteiger partial charge >= 0.3 is 5.97 Å². The Hall–Kier alpha value is -3.07. The number of amides is 1. The quantitative estimate of drug-likeness (QED) is 0.722. The smallest absolute Gasteiger partial charge is 0.338 e. The average Bonchev–Trinajstić information content (AvgIpc) is 3.11. The second kappa shape index (κ2) is 8.12. The van der Waals surface area contributed by atoms with E-state index < -0.39 is 28.0 Å². The molecule has 0 bridgehead atoms. The lowest BCUT2D eigenvalue weighted by molar-refractivity contribution is -0.123. The zero-order chi connectivity index (χ0) is 21.2. The third-order valence-electron chi connectivity index (χ3n) is 4.59. The van der Waals surface area contributed by atoms with E-state index in [1.54, 1.807) is 36.4 Å². The number of hydrogen-bond donors (Lipinski definition) is 1. The van der Waals surface area contributed by atoms with E-state index in [-0.39, 0.29) is 5.56 Å². The van der Waals surface area contributed by atoms with Crippen molar-refractivity contribution in [3.8, 4) is 5.75 Å². The molecule has 0 radical (unpaired) electrons. The Bertz CT molecular complexity index is 1050. The Balaban J connectivity index is 1.68. The van der Waals surface area contributed by atoms with Crippen LogP contribution in [0.1, 0.15) is 22.8 Å². The highest BCUT2D eigenvalue weighted by molar-refractivity contribution is 7.92. The molecule has 29 heavy (non-hydrogen) atoms. The number of benzene rings is 2. The van der Waals surface area contributed by atoms with Crippen molar-refractivity contribution in [2.75, 3.05) is 29.5 Å². The summed E-state index contributed by atoms with van der Waals surface area (Å²) in [6, 6.07) is 11.6. The molecular formula is C20H22N2O6S. The molecule has 8 nitrogen and oxygen atoms in total. The van der Waals surface area contributed by atoms with Gasteiger partial charge in [0, 0.05) is 6.54 Å². The van der Waals surface area contributed by atoms with E-state index in [0.717, 1.165) is 11.8 Å². The van der Waals surface area contributed by atoms with Gasteiger partial charge in [0.05, 0.1) is 30.3 Å². The SMILES string of the molecule is COc1ccccc1NC(=O)[C@H](C)OC(=O)c1ccc2c(c1)CCN2S(C)(=O)=O. The molecule has 0 saturated heterocycles. The van der Waals surface area contributed by atoms with E-state index >= 15 is 0 Å². The van der Waals surface area contributed by atoms with Gasteiger partial charge in [-0.05, 0) is 49.2 Å². The van der Waals surface area contributed by atoms with Gasteiger partial charge in [0.15, 0.2) is 6.10 Å². The van der Waals surface area contributed by atoms with Gasteiger partial charge in [-0.1, -0.05) is 12.1 Å². The number of nitrogens with one attached hydrogen (secondary N) is 1. The van der Waals surface area contributed by atoms with E-state index in [4.69, 9.17) is 9.47 Å². The maximum atomic E-state index is 12.5. The number of ether oxygens (including phenoxy) is 2. The van der Waals surface area contributed by atoms with Crippen molar-refractivity contribution in [1.82, 2.24) is 0 Å². The minimum atomic E-state index is -3.36. The standard InChI is InChI=1S/C20H22N2O6S/c1-13(19(23)21-16-6-4-5-7-18(16)27-2)28-20(24)15-8-9-17-14(12-15)10-11-22(17)29(3,25)26/h4-9,12-13H,10-11H2,1-3H3,(H,21,23)/t13-/m0/s1. The molecule has 1 atom stereocenters. The summed E-state index contributed by atoms with van der Waals surface area (Å²) >= 11 is 0. The summed E-state index contributed by atoms with van der Waals surface area (Å²) in [5, 5.41) is 2.67. The summed E-state index contributed by atoms with van der Waals surface area (Å²) in [5.74, 6) is -0.658. The maximum Gasteiger partial charge on any atom is 0.338 e. The molecule has 1 aliphatic heterocycles. The van der Waals surface area contributed by atoms with Gasteiger partial charge in [-0.25, -0.2) is 13.2 Å². The minimum Gasteiger partial charge on any atom is -0.495 e. The molecule has 1 heterocycles. The Labute approximate surface area is 169 Å². The third-order valence-corrected chi connectivity index (χ3v) is 5.77. The van der Waals surface area contributed by atoms with E-state index in [0.29, 0.717) is 30.1 Å². The van der Waals surface area contributed by atoms with Gasteiger partial charge in [-0.2, -0.15) is 0 Å². The molecule has 2 aromatic carbocycles. The zero-order valence-electron chi connectivity index (χ0n) is 16.3. The van der Waals surface area contributed by atoms with E-state index in [1.807, 2.05) is 0 Å². The molecule has 0 unspecified atom stereocenters. The van der Waals surface area contributed by atoms with Crippen molar-refractivity contribution in [1.29, 1.82) is 0 Å². The van der Waals surface area contributed by atoms with Crippen LogP contribution < -0.4 is 14.4 Å². The lowest BCUT2D eigenvalue weighted by atomic mass is 10.1. The van der Waals surface area contributed by atoms with Crippen LogP contribution in [0.3, 0.4) is 0 Å². The second-order valence-corrected chi connectivity index (χ2v) is 8.57. The van der Waals surface area contributed by atoms with Crippen LogP contribution in [-0.4, -0.2) is 46.3 Å². The normalized spacial score (nSPS) is 14.1. The number of rotatable bonds is 6. The van der Waals surface area contributed by atoms with Gasteiger partial charge in [0.2, 0.25) is 10.0 Å². The van der Waals surface area contributed by atoms with E-state index in [1.165, 1.54) is 24.4 Å². The molecule has 154 valence electrons. The van der Waals surface area contributed by atoms with Crippen molar-refractivity contribution < 1.29 is 27.5 Å². The molecule has 0 aliphatic carbocycles. The molecule has 1 N–H and O–H groups in total. The Morgan fingerprint density at radius 1 is 1.17 bits per heavy atom. The first-order chi connectivity index (χ1) is 13.7. The fourth-order valence-corrected chi connectivity index (χ4v) is 4.07. The van der Waals surface area contributed by atoms with Crippen LogP contribution in [0.25, 0.3) is 0 Å². The van der Waals surface area contributed by atoms with Crippen molar-refractivity contribution >= 4 is 33.3 Å². The van der Waals surface area contributed by atoms with Gasteiger partial charge in [0.1, 0.15) is 5.75 Å². The number of esters is 1. The van der Waals surface area contributed by atoms with Crippen molar-refractivity contribution in [3.63, 3.8) is 0 Å². The van der Waals surface area contributed by atoms with E-state index in [9.17, 15) is 18.0 Å². The fraction of sp³-hybridized carbons (Fsp3) is 0.300. The number of methoxy groups -OCH3 is 1. The molecule has 3 rings (SSSR count). The fourth-order valence-electron chi connectivity index (χ4n) is 3.11. The number of hydrogen-bond acceptors (Lipinski definition) is 6. The predicted molar refractivity (Wildman–Crippen MR) is 109 cm³/mol. The minimum absolute atomic E-state index is 0.260. The first-order valence-electron chi connectivity index (χ1n) is 8.96. The molecule has 0 fully saturated rings. The summed E-state index contributed by atoms with van der Waals surface area (Å²) in [5.41, 5.74) is 2.04. The molecule has 9 heteroatoms. The third kappa shape index (κ3) is 4.51. The second-order valence-electron chi connectivity index (χ2n) is 6.67. The average molecular weight is 418 g/mol. The summed E-state index contributed by atoms with van der Waals surface area (Å²) in [4.78, 5) is 24.8. The molecule has 2 aromatic rings. The lowest BCUT2D eigenvalue weighted by Gasteiger charge is -2.17. The van der Waals surface area contributed by atoms with Crippen molar-refractivity contribution in [2.45, 2.75) is 19.4 Å². The van der Waals surface area contributed by atoms with E-state index in [2.05, 4.69) is 5.32 Å². The highest BCUT2D eigenvalue weighted by atomic mass is 32.2. The van der Waals surface area contributed by atoms with Crippen LogP contribution >= 0.6 is 0 Å². The van der Waals surface area contributed by atoms with Crippen LogP contribution in [0.15, 0.2) is 42.5 Å². The monoisotopic (exact) mass is 418 g/mol. The van der Waals surface area contributed by atoms with Crippen molar-refractivity contribution in [2.24, 2.45) is 0 Å². The van der Waals surface area contributed by atoms with Crippen LogP contribution in [0, 0.1) is 0 Å². The van der Waals surface area contributed by atoms with Crippen LogP contribution in [0.2, 0.25) is 0 Å². The summed E-state index contributed by atoms with van der Waals surface area (Å²) in [6.07, 6.45) is 0.618. The first-order valence-corrected chi connectivity index (χ1v) is 10.8. The molecule has 1 aliphatic rings. The Morgan fingerprint density at radius 2 is 1.90 bits per heavy atom. The zero-order valence-corrected chi connectivity index (χ0v) is 17.2. The van der Waals surface area contributed by atoms with Crippen LogP contribution in [0.5, 0.6) is 5.75 Å². The summed E-state index contributed by atoms with van der Waals surface area (Å²) in [7, 11) is -1.87. The topological polar surface area (TPSA) is 102 Å². The van der Waals surface area contributed by atoms with Gasteiger partial charge in [-0.15, -0.1) is 0 Å². The molecule has 0 spiro atoms. The Morgan fingerprint density at radius 3 is 2.59 bits per heavy atom. The number of carbonyl (C=O) groups is 2. The molecular weight excluding hydrogens is 396 g/mol. The molecule has 0 aromatic heterocycles. The number of nitrogens with zero attached hydrogens (tertiary/aromatic N) is 1. The number of sulfonamides is 1. The lowest BCUT2D eigenvalue weighted by Crippen LogP contribution is -2.30.